The maximum Gasteiger partial charge on any atom is 0.272 e. The molecular weight excluding hydrogens is 292 g/mol. The van der Waals surface area contributed by atoms with E-state index in [1.54, 1.807) is 16.9 Å². The molecule has 1 aliphatic carbocycles. The fraction of sp³-hybridized carbons (Fsp3) is 0.706. The van der Waals surface area contributed by atoms with Gasteiger partial charge >= 0.3 is 0 Å². The minimum atomic E-state index is 0.0565. The summed E-state index contributed by atoms with van der Waals surface area (Å²) in [6.07, 6.45) is 6.60. The van der Waals surface area contributed by atoms with Gasteiger partial charge in [-0.1, -0.05) is 0 Å². The van der Waals surface area contributed by atoms with Gasteiger partial charge in [-0.05, 0) is 50.5 Å². The van der Waals surface area contributed by atoms with Crippen LogP contribution in [0.2, 0.25) is 0 Å². The maximum atomic E-state index is 12.5. The van der Waals surface area contributed by atoms with Crippen molar-refractivity contribution in [3.8, 4) is 0 Å². The summed E-state index contributed by atoms with van der Waals surface area (Å²) in [5, 5.41) is 7.19. The van der Waals surface area contributed by atoms with Crippen LogP contribution in [-0.4, -0.2) is 46.1 Å². The summed E-state index contributed by atoms with van der Waals surface area (Å²) >= 11 is 0. The molecule has 6 nitrogen and oxygen atoms in total. The van der Waals surface area contributed by atoms with E-state index < -0.39 is 0 Å². The van der Waals surface area contributed by atoms with Crippen LogP contribution in [0.5, 0.6) is 0 Å². The molecule has 1 saturated carbocycles. The van der Waals surface area contributed by atoms with Crippen molar-refractivity contribution in [3.63, 3.8) is 0 Å². The van der Waals surface area contributed by atoms with Gasteiger partial charge in [0.1, 0.15) is 5.69 Å². The molecule has 23 heavy (non-hydrogen) atoms. The highest BCUT2D eigenvalue weighted by Gasteiger charge is 2.27. The Morgan fingerprint density at radius 2 is 1.96 bits per heavy atom. The summed E-state index contributed by atoms with van der Waals surface area (Å²) in [5.41, 5.74) is 0.660. The normalized spacial score (nSPS) is 18.9. The second-order valence-electron chi connectivity index (χ2n) is 6.72. The maximum absolute atomic E-state index is 12.5. The average molecular weight is 318 g/mol. The van der Waals surface area contributed by atoms with E-state index in [9.17, 15) is 9.59 Å². The summed E-state index contributed by atoms with van der Waals surface area (Å²) in [4.78, 5) is 26.4. The molecule has 0 atom stereocenters. The number of aryl methyl sites for hydroxylation is 1. The van der Waals surface area contributed by atoms with E-state index >= 15 is 0 Å². The fourth-order valence-corrected chi connectivity index (χ4v) is 3.18. The van der Waals surface area contributed by atoms with E-state index in [0.29, 0.717) is 24.6 Å². The molecule has 2 amide bonds. The lowest BCUT2D eigenvalue weighted by molar-refractivity contribution is -0.122. The van der Waals surface area contributed by atoms with Crippen LogP contribution in [0.1, 0.15) is 49.5 Å². The van der Waals surface area contributed by atoms with Crippen LogP contribution in [0.4, 0.5) is 0 Å². The first-order chi connectivity index (χ1) is 11.2. The highest BCUT2D eigenvalue weighted by atomic mass is 16.2. The van der Waals surface area contributed by atoms with E-state index in [0.717, 1.165) is 38.4 Å². The van der Waals surface area contributed by atoms with Crippen LogP contribution in [-0.2, 0) is 11.3 Å². The molecule has 2 heterocycles. The molecule has 0 bridgehead atoms. The van der Waals surface area contributed by atoms with Crippen LogP contribution in [0.15, 0.2) is 12.3 Å². The quantitative estimate of drug-likeness (QED) is 0.867. The van der Waals surface area contributed by atoms with Gasteiger partial charge in [0, 0.05) is 38.8 Å². The summed E-state index contributed by atoms with van der Waals surface area (Å²) in [7, 11) is 0. The van der Waals surface area contributed by atoms with Gasteiger partial charge < -0.3 is 10.2 Å². The zero-order valence-electron chi connectivity index (χ0n) is 13.8. The van der Waals surface area contributed by atoms with Crippen molar-refractivity contribution in [1.82, 2.24) is 20.0 Å². The smallest absolute Gasteiger partial charge is 0.272 e. The van der Waals surface area contributed by atoms with E-state index in [-0.39, 0.29) is 11.8 Å². The molecule has 3 rings (SSSR count). The summed E-state index contributed by atoms with van der Waals surface area (Å²) < 4.78 is 1.74. The van der Waals surface area contributed by atoms with Gasteiger partial charge in [0.2, 0.25) is 5.91 Å². The third-order valence-corrected chi connectivity index (χ3v) is 4.90. The number of rotatable bonds is 6. The number of hydrogen-bond acceptors (Lipinski definition) is 3. The monoisotopic (exact) mass is 318 g/mol. The predicted octanol–water partition coefficient (Wildman–Crippen LogP) is 1.67. The van der Waals surface area contributed by atoms with Crippen LogP contribution >= 0.6 is 0 Å². The van der Waals surface area contributed by atoms with E-state index in [4.69, 9.17) is 0 Å². The number of amides is 2. The Balaban J connectivity index is 1.44. The Bertz CT molecular complexity index is 557. The first-order valence-electron chi connectivity index (χ1n) is 8.75. The summed E-state index contributed by atoms with van der Waals surface area (Å²) in [6, 6.07) is 1.78. The lowest BCUT2D eigenvalue weighted by atomic mass is 9.93. The van der Waals surface area contributed by atoms with Crippen molar-refractivity contribution in [2.45, 2.75) is 45.6 Å². The molecule has 1 saturated heterocycles. The SMILES string of the molecule is CCn1nccc1C(=O)N1CCC(CC(=O)NCC2CC2)CC1. The Morgan fingerprint density at radius 1 is 1.22 bits per heavy atom. The average Bonchev–Trinajstić information content (AvgIpc) is 3.28. The van der Waals surface area contributed by atoms with Crippen LogP contribution in [0.3, 0.4) is 0 Å². The van der Waals surface area contributed by atoms with Crippen molar-refractivity contribution in [2.24, 2.45) is 11.8 Å². The van der Waals surface area contributed by atoms with Gasteiger partial charge in [0.25, 0.3) is 5.91 Å². The van der Waals surface area contributed by atoms with Gasteiger partial charge in [-0.25, -0.2) is 0 Å². The zero-order valence-corrected chi connectivity index (χ0v) is 13.8. The Kier molecular flexibility index (Phi) is 4.98. The van der Waals surface area contributed by atoms with Crippen LogP contribution < -0.4 is 5.32 Å². The van der Waals surface area contributed by atoms with Crippen molar-refractivity contribution in [2.75, 3.05) is 19.6 Å². The Hall–Kier alpha value is -1.85. The molecule has 0 radical (unpaired) electrons. The van der Waals surface area contributed by atoms with Crippen molar-refractivity contribution >= 4 is 11.8 Å². The number of piperidine rings is 1. The number of nitrogens with zero attached hydrogens (tertiary/aromatic N) is 3. The molecule has 126 valence electrons. The van der Waals surface area contributed by atoms with Crippen molar-refractivity contribution in [1.29, 1.82) is 0 Å². The van der Waals surface area contributed by atoms with Crippen LogP contribution in [0.25, 0.3) is 0 Å². The lowest BCUT2D eigenvalue weighted by Gasteiger charge is -2.31. The molecule has 0 aromatic carbocycles. The van der Waals surface area contributed by atoms with Gasteiger partial charge in [-0.2, -0.15) is 5.10 Å². The molecule has 1 N–H and O–H groups in total. The third kappa shape index (κ3) is 4.12. The summed E-state index contributed by atoms with van der Waals surface area (Å²) in [5.74, 6) is 1.35. The number of carbonyl (C=O) groups excluding carboxylic acids is 2. The standard InChI is InChI=1S/C17H26N4O2/c1-2-21-15(5-8-19-21)17(23)20-9-6-13(7-10-20)11-16(22)18-12-14-3-4-14/h5,8,13-14H,2-4,6-7,9-12H2,1H3,(H,18,22). The highest BCUT2D eigenvalue weighted by molar-refractivity contribution is 5.92. The largest absolute Gasteiger partial charge is 0.356 e. The molecule has 2 aliphatic rings. The van der Waals surface area contributed by atoms with Gasteiger partial charge in [0.05, 0.1) is 0 Å². The van der Waals surface area contributed by atoms with Crippen molar-refractivity contribution in [3.05, 3.63) is 18.0 Å². The highest BCUT2D eigenvalue weighted by Crippen LogP contribution is 2.28. The molecule has 0 unspecified atom stereocenters. The molecule has 1 aromatic heterocycles. The second kappa shape index (κ2) is 7.15. The molecule has 6 heteroatoms. The third-order valence-electron chi connectivity index (χ3n) is 4.90. The minimum absolute atomic E-state index is 0.0565. The van der Waals surface area contributed by atoms with E-state index in [1.807, 2.05) is 11.8 Å². The predicted molar refractivity (Wildman–Crippen MR) is 86.9 cm³/mol. The van der Waals surface area contributed by atoms with Crippen LogP contribution in [0, 0.1) is 11.8 Å². The lowest BCUT2D eigenvalue weighted by Crippen LogP contribution is -2.40. The minimum Gasteiger partial charge on any atom is -0.356 e. The molecular formula is C17H26N4O2. The molecule has 2 fully saturated rings. The number of nitrogens with one attached hydrogen (secondary N) is 1. The zero-order chi connectivity index (χ0) is 16.2. The Morgan fingerprint density at radius 3 is 2.61 bits per heavy atom. The number of likely N-dealkylation sites (tertiary alicyclic amines) is 1. The Labute approximate surface area is 137 Å². The van der Waals surface area contributed by atoms with E-state index in [1.165, 1.54) is 12.8 Å². The number of carbonyl (C=O) groups is 2. The van der Waals surface area contributed by atoms with Gasteiger partial charge in [-0.15, -0.1) is 0 Å². The molecule has 1 aromatic rings. The first kappa shape index (κ1) is 16.0. The second-order valence-corrected chi connectivity index (χ2v) is 6.72. The topological polar surface area (TPSA) is 67.2 Å². The number of aromatic nitrogens is 2. The summed E-state index contributed by atoms with van der Waals surface area (Å²) in [6.45, 7) is 4.99. The first-order valence-corrected chi connectivity index (χ1v) is 8.75. The van der Waals surface area contributed by atoms with Gasteiger partial charge in [-0.3, -0.25) is 14.3 Å². The van der Waals surface area contributed by atoms with Crippen molar-refractivity contribution < 1.29 is 9.59 Å². The molecule has 0 spiro atoms. The number of hydrogen-bond donors (Lipinski definition) is 1. The fourth-order valence-electron chi connectivity index (χ4n) is 3.18. The molecule has 1 aliphatic heterocycles. The van der Waals surface area contributed by atoms with E-state index in [2.05, 4.69) is 10.4 Å². The van der Waals surface area contributed by atoms with Gasteiger partial charge in [0.15, 0.2) is 0 Å².